The van der Waals surface area contributed by atoms with Gasteiger partial charge in [-0.25, -0.2) is 14.5 Å². The lowest BCUT2D eigenvalue weighted by atomic mass is 10.2. The van der Waals surface area contributed by atoms with Crippen molar-refractivity contribution in [3.8, 4) is 5.69 Å². The number of fused-ring (bicyclic) bond motifs is 1. The molecule has 3 aromatic rings. The van der Waals surface area contributed by atoms with Gasteiger partial charge in [0.05, 0.1) is 11.9 Å². The standard InChI is InChI=1S/C14H11N3O2/c1-9-7-12(14(18)19)16-13-11(9)8-15-17(13)10-5-3-2-4-6-10/h2-8H,1H3,(H,18,19). The summed E-state index contributed by atoms with van der Waals surface area (Å²) in [6.45, 7) is 1.85. The van der Waals surface area contributed by atoms with Crippen molar-refractivity contribution in [3.63, 3.8) is 0 Å². The Balaban J connectivity index is 2.30. The molecule has 0 saturated carbocycles. The largest absolute Gasteiger partial charge is 0.477 e. The van der Waals surface area contributed by atoms with Crippen LogP contribution < -0.4 is 0 Å². The molecule has 0 amide bonds. The first-order valence-electron chi connectivity index (χ1n) is 5.81. The molecule has 0 aliphatic heterocycles. The molecule has 1 N–H and O–H groups in total. The van der Waals surface area contributed by atoms with Gasteiger partial charge in [-0.05, 0) is 30.7 Å². The second-order valence-electron chi connectivity index (χ2n) is 4.26. The van der Waals surface area contributed by atoms with Gasteiger partial charge in [0.15, 0.2) is 11.3 Å². The molecule has 2 aromatic heterocycles. The second-order valence-corrected chi connectivity index (χ2v) is 4.26. The van der Waals surface area contributed by atoms with Crippen LogP contribution >= 0.6 is 0 Å². The summed E-state index contributed by atoms with van der Waals surface area (Å²) in [5.74, 6) is -1.04. The summed E-state index contributed by atoms with van der Waals surface area (Å²) in [6, 6.07) is 11.1. The molecule has 0 aliphatic rings. The van der Waals surface area contributed by atoms with E-state index in [1.54, 1.807) is 16.9 Å². The molecular weight excluding hydrogens is 242 g/mol. The highest BCUT2D eigenvalue weighted by atomic mass is 16.4. The van der Waals surface area contributed by atoms with Gasteiger partial charge >= 0.3 is 5.97 Å². The number of para-hydroxylation sites is 1. The summed E-state index contributed by atoms with van der Waals surface area (Å²) in [5.41, 5.74) is 2.29. The second kappa shape index (κ2) is 4.20. The van der Waals surface area contributed by atoms with E-state index in [2.05, 4.69) is 10.1 Å². The SMILES string of the molecule is Cc1cc(C(=O)O)nc2c1cnn2-c1ccccc1. The molecule has 1 aromatic carbocycles. The lowest BCUT2D eigenvalue weighted by Gasteiger charge is -2.04. The molecule has 19 heavy (non-hydrogen) atoms. The normalized spacial score (nSPS) is 10.8. The van der Waals surface area contributed by atoms with Gasteiger partial charge in [-0.1, -0.05) is 18.2 Å². The van der Waals surface area contributed by atoms with Crippen molar-refractivity contribution >= 4 is 17.0 Å². The van der Waals surface area contributed by atoms with Crippen LogP contribution in [0.1, 0.15) is 16.1 Å². The number of carboxylic acids is 1. The molecule has 0 unspecified atom stereocenters. The van der Waals surface area contributed by atoms with Crippen LogP contribution in [0, 0.1) is 6.92 Å². The van der Waals surface area contributed by atoms with Crippen molar-refractivity contribution in [1.82, 2.24) is 14.8 Å². The lowest BCUT2D eigenvalue weighted by Crippen LogP contribution is -2.04. The summed E-state index contributed by atoms with van der Waals surface area (Å²) >= 11 is 0. The molecule has 0 saturated heterocycles. The Hall–Kier alpha value is -2.69. The van der Waals surface area contributed by atoms with E-state index in [1.807, 2.05) is 37.3 Å². The predicted molar refractivity (Wildman–Crippen MR) is 70.6 cm³/mol. The van der Waals surface area contributed by atoms with Crippen molar-refractivity contribution in [2.24, 2.45) is 0 Å². The maximum atomic E-state index is 11.1. The number of nitrogens with zero attached hydrogens (tertiary/aromatic N) is 3. The Bertz CT molecular complexity index is 763. The van der Waals surface area contributed by atoms with E-state index in [0.29, 0.717) is 5.65 Å². The fourth-order valence-electron chi connectivity index (χ4n) is 2.02. The first kappa shape index (κ1) is 11.4. The van der Waals surface area contributed by atoms with Gasteiger partial charge in [-0.15, -0.1) is 0 Å². The summed E-state index contributed by atoms with van der Waals surface area (Å²) < 4.78 is 1.65. The summed E-state index contributed by atoms with van der Waals surface area (Å²) in [5, 5.41) is 14.2. The van der Waals surface area contributed by atoms with Gasteiger partial charge < -0.3 is 5.11 Å². The van der Waals surface area contributed by atoms with E-state index in [-0.39, 0.29) is 5.69 Å². The van der Waals surface area contributed by atoms with Crippen LogP contribution in [0.15, 0.2) is 42.6 Å². The van der Waals surface area contributed by atoms with Gasteiger partial charge in [0.1, 0.15) is 0 Å². The number of hydrogen-bond acceptors (Lipinski definition) is 3. The Kier molecular flexibility index (Phi) is 2.52. The Morgan fingerprint density at radius 3 is 2.68 bits per heavy atom. The number of aromatic nitrogens is 3. The van der Waals surface area contributed by atoms with Crippen molar-refractivity contribution in [1.29, 1.82) is 0 Å². The molecule has 5 nitrogen and oxygen atoms in total. The predicted octanol–water partition coefficient (Wildman–Crippen LogP) is 2.43. The highest BCUT2D eigenvalue weighted by molar-refractivity contribution is 5.90. The first-order valence-corrected chi connectivity index (χ1v) is 5.81. The van der Waals surface area contributed by atoms with Gasteiger partial charge in [0, 0.05) is 5.39 Å². The number of pyridine rings is 1. The minimum absolute atomic E-state index is 0.0303. The van der Waals surface area contributed by atoms with Crippen molar-refractivity contribution in [3.05, 3.63) is 53.9 Å². The van der Waals surface area contributed by atoms with E-state index >= 15 is 0 Å². The highest BCUT2D eigenvalue weighted by Crippen LogP contribution is 2.20. The van der Waals surface area contributed by atoms with Crippen LogP contribution in [0.2, 0.25) is 0 Å². The third-order valence-electron chi connectivity index (χ3n) is 2.97. The molecule has 0 atom stereocenters. The van der Waals surface area contributed by atoms with Crippen LogP contribution in [0.4, 0.5) is 0 Å². The lowest BCUT2D eigenvalue weighted by molar-refractivity contribution is 0.0690. The summed E-state index contributed by atoms with van der Waals surface area (Å²) in [6.07, 6.45) is 1.70. The van der Waals surface area contributed by atoms with E-state index in [9.17, 15) is 4.79 Å². The van der Waals surface area contributed by atoms with Gasteiger partial charge in [-0.3, -0.25) is 0 Å². The van der Waals surface area contributed by atoms with Crippen molar-refractivity contribution < 1.29 is 9.90 Å². The molecule has 0 radical (unpaired) electrons. The average Bonchev–Trinajstić information content (AvgIpc) is 2.84. The van der Waals surface area contributed by atoms with E-state index in [0.717, 1.165) is 16.6 Å². The number of aromatic carboxylic acids is 1. The van der Waals surface area contributed by atoms with E-state index in [4.69, 9.17) is 5.11 Å². The molecular formula is C14H11N3O2. The third-order valence-corrected chi connectivity index (χ3v) is 2.97. The molecule has 2 heterocycles. The zero-order chi connectivity index (χ0) is 13.4. The number of hydrogen-bond donors (Lipinski definition) is 1. The fourth-order valence-corrected chi connectivity index (χ4v) is 2.02. The van der Waals surface area contributed by atoms with Gasteiger partial charge in [0.25, 0.3) is 0 Å². The average molecular weight is 253 g/mol. The fraction of sp³-hybridized carbons (Fsp3) is 0.0714. The van der Waals surface area contributed by atoms with E-state index < -0.39 is 5.97 Å². The highest BCUT2D eigenvalue weighted by Gasteiger charge is 2.13. The Morgan fingerprint density at radius 1 is 1.26 bits per heavy atom. The third kappa shape index (κ3) is 1.85. The molecule has 3 rings (SSSR count). The number of benzene rings is 1. The number of carboxylic acid groups (broad SMARTS) is 1. The monoisotopic (exact) mass is 253 g/mol. The van der Waals surface area contributed by atoms with Crippen LogP contribution in [0.3, 0.4) is 0 Å². The Morgan fingerprint density at radius 2 is 2.00 bits per heavy atom. The maximum absolute atomic E-state index is 11.1. The van der Waals surface area contributed by atoms with Gasteiger partial charge in [0.2, 0.25) is 0 Å². The molecule has 0 bridgehead atoms. The van der Waals surface area contributed by atoms with Crippen LogP contribution in [0.5, 0.6) is 0 Å². The van der Waals surface area contributed by atoms with Crippen LogP contribution in [-0.4, -0.2) is 25.8 Å². The van der Waals surface area contributed by atoms with Crippen molar-refractivity contribution in [2.45, 2.75) is 6.92 Å². The summed E-state index contributed by atoms with van der Waals surface area (Å²) in [4.78, 5) is 15.2. The zero-order valence-corrected chi connectivity index (χ0v) is 10.2. The van der Waals surface area contributed by atoms with Gasteiger partial charge in [-0.2, -0.15) is 5.10 Å². The quantitative estimate of drug-likeness (QED) is 0.761. The topological polar surface area (TPSA) is 68.0 Å². The van der Waals surface area contributed by atoms with Crippen molar-refractivity contribution in [2.75, 3.05) is 0 Å². The van der Waals surface area contributed by atoms with E-state index in [1.165, 1.54) is 0 Å². The number of rotatable bonds is 2. The molecule has 0 aliphatic carbocycles. The first-order chi connectivity index (χ1) is 9.16. The maximum Gasteiger partial charge on any atom is 0.354 e. The number of aryl methyl sites for hydroxylation is 1. The van der Waals surface area contributed by atoms with Crippen LogP contribution in [-0.2, 0) is 0 Å². The smallest absolute Gasteiger partial charge is 0.354 e. The minimum Gasteiger partial charge on any atom is -0.477 e. The Labute approximate surface area is 109 Å². The number of carbonyl (C=O) groups is 1. The molecule has 0 spiro atoms. The molecule has 5 heteroatoms. The minimum atomic E-state index is -1.04. The van der Waals surface area contributed by atoms with Crippen LogP contribution in [0.25, 0.3) is 16.7 Å². The zero-order valence-electron chi connectivity index (χ0n) is 10.2. The molecule has 94 valence electrons. The summed E-state index contributed by atoms with van der Waals surface area (Å²) in [7, 11) is 0. The molecule has 0 fully saturated rings.